The number of carbonyl (C=O) groups excluding carboxylic acids is 1. The van der Waals surface area contributed by atoms with Crippen molar-refractivity contribution in [3.8, 4) is 10.6 Å². The number of carbonyl (C=O) groups is 1. The SMILES string of the molecule is O=C(c1cnc(-c2ccccc2)s1)N1CCNCC1. The van der Waals surface area contributed by atoms with E-state index < -0.39 is 0 Å². The summed E-state index contributed by atoms with van der Waals surface area (Å²) in [6.45, 7) is 3.29. The molecule has 0 atom stereocenters. The number of piperazine rings is 1. The van der Waals surface area contributed by atoms with Gasteiger partial charge in [0.05, 0.1) is 6.20 Å². The van der Waals surface area contributed by atoms with Gasteiger partial charge in [-0.15, -0.1) is 11.3 Å². The van der Waals surface area contributed by atoms with Crippen LogP contribution in [-0.4, -0.2) is 42.0 Å². The van der Waals surface area contributed by atoms with Crippen LogP contribution in [-0.2, 0) is 0 Å². The molecule has 3 rings (SSSR count). The van der Waals surface area contributed by atoms with Crippen molar-refractivity contribution in [3.05, 3.63) is 41.4 Å². The van der Waals surface area contributed by atoms with E-state index in [1.165, 1.54) is 11.3 Å². The summed E-state index contributed by atoms with van der Waals surface area (Å²) in [5.41, 5.74) is 1.06. The van der Waals surface area contributed by atoms with E-state index in [9.17, 15) is 4.79 Å². The first-order chi connectivity index (χ1) is 9.34. The van der Waals surface area contributed by atoms with Crippen molar-refractivity contribution >= 4 is 17.2 Å². The lowest BCUT2D eigenvalue weighted by molar-refractivity contribution is 0.0740. The average molecular weight is 273 g/mol. The Bertz CT molecular complexity index is 561. The van der Waals surface area contributed by atoms with Gasteiger partial charge in [0.15, 0.2) is 0 Å². The molecule has 1 aromatic carbocycles. The summed E-state index contributed by atoms with van der Waals surface area (Å²) in [5, 5.41) is 4.15. The van der Waals surface area contributed by atoms with Gasteiger partial charge >= 0.3 is 0 Å². The zero-order valence-corrected chi connectivity index (χ0v) is 11.3. The highest BCUT2D eigenvalue weighted by molar-refractivity contribution is 7.16. The fraction of sp³-hybridized carbons (Fsp3) is 0.286. The van der Waals surface area contributed by atoms with Gasteiger partial charge in [-0.3, -0.25) is 4.79 Å². The smallest absolute Gasteiger partial charge is 0.265 e. The molecule has 0 bridgehead atoms. The number of rotatable bonds is 2. The monoisotopic (exact) mass is 273 g/mol. The molecule has 4 nitrogen and oxygen atoms in total. The zero-order chi connectivity index (χ0) is 13.1. The number of amides is 1. The Kier molecular flexibility index (Phi) is 3.57. The summed E-state index contributed by atoms with van der Waals surface area (Å²) in [5.74, 6) is 0.0983. The Morgan fingerprint density at radius 3 is 2.68 bits per heavy atom. The zero-order valence-electron chi connectivity index (χ0n) is 10.5. The molecular weight excluding hydrogens is 258 g/mol. The molecule has 1 fully saturated rings. The van der Waals surface area contributed by atoms with Gasteiger partial charge < -0.3 is 10.2 Å². The number of hydrogen-bond acceptors (Lipinski definition) is 4. The van der Waals surface area contributed by atoms with E-state index in [4.69, 9.17) is 0 Å². The second-order valence-corrected chi connectivity index (χ2v) is 5.47. The standard InChI is InChI=1S/C14H15N3OS/c18-14(17-8-6-15-7-9-17)12-10-16-13(19-12)11-4-2-1-3-5-11/h1-5,10,15H,6-9H2. The molecule has 0 spiro atoms. The van der Waals surface area contributed by atoms with Crippen molar-refractivity contribution in [1.29, 1.82) is 0 Å². The van der Waals surface area contributed by atoms with E-state index in [-0.39, 0.29) is 5.91 Å². The fourth-order valence-corrected chi connectivity index (χ4v) is 3.00. The third kappa shape index (κ3) is 2.67. The number of thiazole rings is 1. The minimum Gasteiger partial charge on any atom is -0.335 e. The number of aromatic nitrogens is 1. The molecule has 2 heterocycles. The number of nitrogens with one attached hydrogen (secondary N) is 1. The summed E-state index contributed by atoms with van der Waals surface area (Å²) in [7, 11) is 0. The quantitative estimate of drug-likeness (QED) is 0.908. The van der Waals surface area contributed by atoms with Crippen molar-refractivity contribution in [1.82, 2.24) is 15.2 Å². The van der Waals surface area contributed by atoms with Crippen LogP contribution < -0.4 is 5.32 Å². The van der Waals surface area contributed by atoms with Crippen LogP contribution in [0.5, 0.6) is 0 Å². The van der Waals surface area contributed by atoms with Gasteiger partial charge in [0.2, 0.25) is 0 Å². The molecule has 19 heavy (non-hydrogen) atoms. The molecule has 5 heteroatoms. The molecule has 1 aliphatic rings. The number of nitrogens with zero attached hydrogens (tertiary/aromatic N) is 2. The molecule has 1 aliphatic heterocycles. The Balaban J connectivity index is 1.79. The highest BCUT2D eigenvalue weighted by atomic mass is 32.1. The van der Waals surface area contributed by atoms with Crippen molar-refractivity contribution in [2.75, 3.05) is 26.2 Å². The largest absolute Gasteiger partial charge is 0.335 e. The molecule has 0 radical (unpaired) electrons. The number of benzene rings is 1. The first-order valence-electron chi connectivity index (χ1n) is 6.36. The van der Waals surface area contributed by atoms with Crippen LogP contribution in [0.3, 0.4) is 0 Å². The first kappa shape index (κ1) is 12.3. The molecule has 2 aromatic rings. The van der Waals surface area contributed by atoms with Gasteiger partial charge in [-0.05, 0) is 0 Å². The van der Waals surface area contributed by atoms with Crippen LogP contribution in [0.25, 0.3) is 10.6 Å². The normalized spacial score (nSPS) is 15.5. The Labute approximate surface area is 116 Å². The topological polar surface area (TPSA) is 45.2 Å². The van der Waals surface area contributed by atoms with Gasteiger partial charge in [-0.25, -0.2) is 4.98 Å². The third-order valence-electron chi connectivity index (χ3n) is 3.14. The molecule has 1 amide bonds. The minimum atomic E-state index is 0.0983. The van der Waals surface area contributed by atoms with E-state index in [0.717, 1.165) is 41.6 Å². The van der Waals surface area contributed by atoms with E-state index in [1.807, 2.05) is 35.2 Å². The molecular formula is C14H15N3OS. The molecule has 0 saturated carbocycles. The summed E-state index contributed by atoms with van der Waals surface area (Å²) >= 11 is 1.47. The minimum absolute atomic E-state index is 0.0983. The predicted molar refractivity (Wildman–Crippen MR) is 76.3 cm³/mol. The predicted octanol–water partition coefficient (Wildman–Crippen LogP) is 1.86. The van der Waals surface area contributed by atoms with Gasteiger partial charge in [0.1, 0.15) is 9.88 Å². The van der Waals surface area contributed by atoms with Crippen LogP contribution in [0.15, 0.2) is 36.5 Å². The van der Waals surface area contributed by atoms with Gasteiger partial charge in [-0.2, -0.15) is 0 Å². The summed E-state index contributed by atoms with van der Waals surface area (Å²) in [4.78, 5) is 19.3. The molecule has 98 valence electrons. The van der Waals surface area contributed by atoms with Gasteiger partial charge in [0, 0.05) is 31.7 Å². The van der Waals surface area contributed by atoms with Crippen LogP contribution in [0.2, 0.25) is 0 Å². The van der Waals surface area contributed by atoms with Crippen LogP contribution in [0.4, 0.5) is 0 Å². The van der Waals surface area contributed by atoms with Crippen LogP contribution in [0, 0.1) is 0 Å². The maximum atomic E-state index is 12.3. The second-order valence-electron chi connectivity index (χ2n) is 4.44. The van der Waals surface area contributed by atoms with E-state index in [2.05, 4.69) is 10.3 Å². The van der Waals surface area contributed by atoms with Crippen LogP contribution >= 0.6 is 11.3 Å². The summed E-state index contributed by atoms with van der Waals surface area (Å²) in [6.07, 6.45) is 1.69. The van der Waals surface area contributed by atoms with Gasteiger partial charge in [0.25, 0.3) is 5.91 Å². The Hall–Kier alpha value is -1.72. The highest BCUT2D eigenvalue weighted by Gasteiger charge is 2.20. The van der Waals surface area contributed by atoms with E-state index >= 15 is 0 Å². The third-order valence-corrected chi connectivity index (χ3v) is 4.18. The molecule has 0 unspecified atom stereocenters. The van der Waals surface area contributed by atoms with Crippen molar-refractivity contribution in [3.63, 3.8) is 0 Å². The lowest BCUT2D eigenvalue weighted by Gasteiger charge is -2.26. The van der Waals surface area contributed by atoms with E-state index in [1.54, 1.807) is 6.20 Å². The second kappa shape index (κ2) is 5.50. The van der Waals surface area contributed by atoms with Crippen molar-refractivity contribution in [2.45, 2.75) is 0 Å². The average Bonchev–Trinajstić information content (AvgIpc) is 2.98. The summed E-state index contributed by atoms with van der Waals surface area (Å²) < 4.78 is 0. The van der Waals surface area contributed by atoms with Crippen molar-refractivity contribution in [2.24, 2.45) is 0 Å². The highest BCUT2D eigenvalue weighted by Crippen LogP contribution is 2.25. The molecule has 1 saturated heterocycles. The molecule has 1 aromatic heterocycles. The Morgan fingerprint density at radius 2 is 1.95 bits per heavy atom. The lowest BCUT2D eigenvalue weighted by atomic mass is 10.2. The summed E-state index contributed by atoms with van der Waals surface area (Å²) in [6, 6.07) is 9.96. The van der Waals surface area contributed by atoms with Gasteiger partial charge in [-0.1, -0.05) is 30.3 Å². The lowest BCUT2D eigenvalue weighted by Crippen LogP contribution is -2.46. The Morgan fingerprint density at radius 1 is 1.21 bits per heavy atom. The maximum Gasteiger partial charge on any atom is 0.265 e. The molecule has 1 N–H and O–H groups in total. The number of hydrogen-bond donors (Lipinski definition) is 1. The van der Waals surface area contributed by atoms with Crippen LogP contribution in [0.1, 0.15) is 9.67 Å². The first-order valence-corrected chi connectivity index (χ1v) is 7.17. The molecule has 0 aliphatic carbocycles. The fourth-order valence-electron chi connectivity index (χ4n) is 2.11. The maximum absolute atomic E-state index is 12.3. The van der Waals surface area contributed by atoms with E-state index in [0.29, 0.717) is 0 Å². The van der Waals surface area contributed by atoms with Crippen molar-refractivity contribution < 1.29 is 4.79 Å².